The number of benzene rings is 3. The fourth-order valence-electron chi connectivity index (χ4n) is 7.65. The number of amidine groups is 2. The minimum absolute atomic E-state index is 0.0778. The number of aromatic nitrogens is 2. The van der Waals surface area contributed by atoms with Gasteiger partial charge in [0, 0.05) is 85.7 Å². The summed E-state index contributed by atoms with van der Waals surface area (Å²) in [6, 6.07) is 20.7. The Morgan fingerprint density at radius 3 is 2.57 bits per heavy atom. The molecule has 0 radical (unpaired) electrons. The zero-order valence-corrected chi connectivity index (χ0v) is 37.7. The lowest BCUT2D eigenvalue weighted by Crippen LogP contribution is -2.52. The van der Waals surface area contributed by atoms with Gasteiger partial charge in [-0.05, 0) is 92.6 Å². The molecule has 2 aliphatic heterocycles. The van der Waals surface area contributed by atoms with Gasteiger partial charge in [-0.2, -0.15) is 0 Å². The Hall–Kier alpha value is -7.67. The number of fused-ring (bicyclic) bond motifs is 1. The van der Waals surface area contributed by atoms with E-state index in [0.29, 0.717) is 78.4 Å². The summed E-state index contributed by atoms with van der Waals surface area (Å²) in [4.78, 5) is 73.8. The molecule has 67 heavy (non-hydrogen) atoms. The van der Waals surface area contributed by atoms with E-state index in [1.54, 1.807) is 66.9 Å². The molecule has 6 rings (SSSR count). The van der Waals surface area contributed by atoms with E-state index in [1.807, 2.05) is 30.3 Å². The average molecular weight is 914 g/mol. The van der Waals surface area contributed by atoms with Gasteiger partial charge in [-0.3, -0.25) is 40.1 Å². The third kappa shape index (κ3) is 14.2. The van der Waals surface area contributed by atoms with E-state index < -0.39 is 11.9 Å². The molecule has 0 saturated carbocycles. The number of carbonyl (C=O) groups is 5. The average Bonchev–Trinajstić information content (AvgIpc) is 3.67. The number of imide groups is 1. The van der Waals surface area contributed by atoms with Gasteiger partial charge in [0.2, 0.25) is 17.7 Å². The van der Waals surface area contributed by atoms with Gasteiger partial charge in [0.05, 0.1) is 13.2 Å². The van der Waals surface area contributed by atoms with Crippen LogP contribution < -0.4 is 37.6 Å². The van der Waals surface area contributed by atoms with Crippen molar-refractivity contribution in [2.45, 2.75) is 83.3 Å². The molecule has 352 valence electrons. The Labute approximate surface area is 389 Å². The smallest absolute Gasteiger partial charge is 0.255 e. The number of allylic oxidation sites excluding steroid dienone is 1. The van der Waals surface area contributed by atoms with Gasteiger partial charge < -0.3 is 41.2 Å². The second-order valence-corrected chi connectivity index (χ2v) is 16.4. The molecule has 3 heterocycles. The molecular weight excluding hydrogens is 855 g/mol. The molecule has 1 unspecified atom stereocenters. The number of nitrogens with zero attached hydrogens (tertiary/aromatic N) is 5. The van der Waals surface area contributed by atoms with Crippen molar-refractivity contribution >= 4 is 52.6 Å². The Balaban J connectivity index is 0.807. The van der Waals surface area contributed by atoms with Crippen molar-refractivity contribution < 1.29 is 28.7 Å². The number of hydrogen-bond donors (Lipinski definition) is 8. The number of hydrazine groups is 1. The van der Waals surface area contributed by atoms with Gasteiger partial charge in [-0.25, -0.2) is 15.8 Å². The molecule has 0 spiro atoms. The number of carbonyl (C=O) groups excluding carboxylic acids is 5. The fourth-order valence-corrected chi connectivity index (χ4v) is 7.65. The Morgan fingerprint density at radius 2 is 1.76 bits per heavy atom. The van der Waals surface area contributed by atoms with Crippen LogP contribution in [0, 0.1) is 10.8 Å². The first-order valence-corrected chi connectivity index (χ1v) is 22.4. The second-order valence-electron chi connectivity index (χ2n) is 16.4. The number of ether oxygens (including phenoxy) is 1. The van der Waals surface area contributed by atoms with Crippen LogP contribution in [0.2, 0.25) is 0 Å². The lowest BCUT2D eigenvalue weighted by Gasteiger charge is -2.29. The van der Waals surface area contributed by atoms with Crippen molar-refractivity contribution in [1.29, 1.82) is 10.8 Å². The van der Waals surface area contributed by atoms with Crippen LogP contribution in [0.4, 0.5) is 11.4 Å². The second kappa shape index (κ2) is 24.0. The highest BCUT2D eigenvalue weighted by Crippen LogP contribution is 2.32. The van der Waals surface area contributed by atoms with E-state index in [-0.39, 0.29) is 67.7 Å². The van der Waals surface area contributed by atoms with Gasteiger partial charge in [-0.1, -0.05) is 37.1 Å². The van der Waals surface area contributed by atoms with Gasteiger partial charge in [0.1, 0.15) is 29.6 Å². The van der Waals surface area contributed by atoms with E-state index in [1.165, 1.54) is 16.1 Å². The van der Waals surface area contributed by atoms with Crippen molar-refractivity contribution in [2.24, 2.45) is 11.6 Å². The van der Waals surface area contributed by atoms with Crippen LogP contribution in [0.3, 0.4) is 0 Å². The van der Waals surface area contributed by atoms with Crippen LogP contribution >= 0.6 is 0 Å². The zero-order valence-electron chi connectivity index (χ0n) is 37.7. The summed E-state index contributed by atoms with van der Waals surface area (Å²) in [6.45, 7) is 1.83. The highest BCUT2D eigenvalue weighted by Gasteiger charge is 2.40. The number of piperidine rings is 1. The Morgan fingerprint density at radius 1 is 0.970 bits per heavy atom. The molecular formula is C48H59N13O6. The third-order valence-corrected chi connectivity index (χ3v) is 11.4. The summed E-state index contributed by atoms with van der Waals surface area (Å²) in [5, 5.41) is 29.6. The van der Waals surface area contributed by atoms with E-state index >= 15 is 0 Å². The van der Waals surface area contributed by atoms with E-state index in [2.05, 4.69) is 31.2 Å². The maximum Gasteiger partial charge on any atom is 0.255 e. The number of likely N-dealkylation sites (N-methyl/N-ethyl adjacent to an activating group) is 1. The van der Waals surface area contributed by atoms with Gasteiger partial charge in [0.25, 0.3) is 11.8 Å². The van der Waals surface area contributed by atoms with Crippen LogP contribution in [0.5, 0.6) is 5.75 Å². The lowest BCUT2D eigenvalue weighted by molar-refractivity contribution is -0.137. The molecule has 1 saturated heterocycles. The Bertz CT molecular complexity index is 2460. The largest absolute Gasteiger partial charge is 0.494 e. The van der Waals surface area contributed by atoms with Gasteiger partial charge in [0.15, 0.2) is 5.84 Å². The van der Waals surface area contributed by atoms with Crippen molar-refractivity contribution in [3.05, 3.63) is 125 Å². The van der Waals surface area contributed by atoms with E-state index in [9.17, 15) is 24.0 Å². The molecule has 2 aliphatic rings. The predicted octanol–water partition coefficient (Wildman–Crippen LogP) is 4.63. The zero-order chi connectivity index (χ0) is 47.7. The van der Waals surface area contributed by atoms with Crippen molar-refractivity contribution in [3.63, 3.8) is 0 Å². The molecule has 0 bridgehead atoms. The Kier molecular flexibility index (Phi) is 17.5. The first kappa shape index (κ1) is 48.8. The summed E-state index contributed by atoms with van der Waals surface area (Å²) in [5.41, 5.74) is 10.9. The number of anilines is 2. The number of unbranched alkanes of at least 4 members (excludes halogenated alkanes) is 4. The quantitative estimate of drug-likeness (QED) is 0.0126. The molecule has 0 aliphatic carbocycles. The standard InChI is InChI=1S/C48H59N13O6/c1-59(45(51)40-21-22-53-31-56-40)42(50)28-54-35-14-9-12-33(26-35)46(64)55-27-32-11-8-15-36(25-32)67-24-7-3-2-6-23-60(52)29-34(49)13-4-5-18-43(62)57-39-17-10-16-37-38(39)30-61(48(37)66)41-19-20-44(63)58-47(41)65/h8-12,14-17,21-22,25-26,29,31,41,50-51,54H,2-7,13,18-20,23-24,27-28,30,49,52H2,1H3,(H,55,64)(H,57,62)(H,58,63,65)/b34-29-,50-42?,51-45?. The monoisotopic (exact) mass is 913 g/mol. The number of hydrogen-bond acceptors (Lipinski definition) is 14. The molecule has 19 nitrogen and oxygen atoms in total. The summed E-state index contributed by atoms with van der Waals surface area (Å²) in [5.74, 6) is 5.61. The molecule has 1 atom stereocenters. The number of rotatable bonds is 23. The van der Waals surface area contributed by atoms with Gasteiger partial charge >= 0.3 is 0 Å². The maximum atomic E-state index is 13.1. The van der Waals surface area contributed by atoms with E-state index in [0.717, 1.165) is 37.0 Å². The third-order valence-electron chi connectivity index (χ3n) is 11.4. The fraction of sp³-hybridized carbons (Fsp3) is 0.354. The number of nitrogens with two attached hydrogens (primary N) is 2. The summed E-state index contributed by atoms with van der Waals surface area (Å²) < 4.78 is 6.00. The highest BCUT2D eigenvalue weighted by molar-refractivity contribution is 6.07. The first-order chi connectivity index (χ1) is 32.4. The molecule has 4 aromatic rings. The van der Waals surface area contributed by atoms with Crippen LogP contribution in [-0.2, 0) is 27.5 Å². The van der Waals surface area contributed by atoms with Crippen LogP contribution in [0.15, 0.2) is 97.2 Å². The SMILES string of the molecule is CN(C(=N)CNc1cccc(C(=O)NCc2cccc(OCCCCCCN(N)/C=C(\N)CCCCC(=O)Nc3cccc4c3CN(C3CCC(=O)NC3=O)C4=O)c2)c1)C(=N)c1ccncn1. The van der Waals surface area contributed by atoms with Crippen molar-refractivity contribution in [3.8, 4) is 5.75 Å². The van der Waals surface area contributed by atoms with E-state index in [4.69, 9.17) is 27.1 Å². The summed E-state index contributed by atoms with van der Waals surface area (Å²) in [6.07, 6.45) is 10.9. The molecule has 5 amide bonds. The van der Waals surface area contributed by atoms with Crippen LogP contribution in [0.25, 0.3) is 0 Å². The predicted molar refractivity (Wildman–Crippen MR) is 254 cm³/mol. The minimum Gasteiger partial charge on any atom is -0.494 e. The number of amides is 5. The van der Waals surface area contributed by atoms with Crippen LogP contribution in [-0.4, -0.2) is 98.8 Å². The molecule has 10 N–H and O–H groups in total. The lowest BCUT2D eigenvalue weighted by atomic mass is 10.0. The highest BCUT2D eigenvalue weighted by atomic mass is 16.5. The maximum absolute atomic E-state index is 13.1. The summed E-state index contributed by atoms with van der Waals surface area (Å²) in [7, 11) is 1.63. The van der Waals surface area contributed by atoms with Crippen molar-refractivity contribution in [2.75, 3.05) is 37.4 Å². The molecule has 1 fully saturated rings. The topological polar surface area (TPSA) is 278 Å². The number of nitrogens with one attached hydrogen (secondary N) is 6. The normalized spacial score (nSPS) is 14.5. The molecule has 3 aromatic carbocycles. The summed E-state index contributed by atoms with van der Waals surface area (Å²) >= 11 is 0. The van der Waals surface area contributed by atoms with Crippen molar-refractivity contribution in [1.82, 2.24) is 35.4 Å². The van der Waals surface area contributed by atoms with Crippen LogP contribution in [0.1, 0.15) is 102 Å². The molecule has 1 aromatic heterocycles. The first-order valence-electron chi connectivity index (χ1n) is 22.4. The minimum atomic E-state index is -0.726. The molecule has 19 heteroatoms. The van der Waals surface area contributed by atoms with Gasteiger partial charge in [-0.15, -0.1) is 0 Å².